The highest BCUT2D eigenvalue weighted by molar-refractivity contribution is 7.59. The number of aromatic nitrogens is 2. The third kappa shape index (κ3) is 10.1. The van der Waals surface area contributed by atoms with Gasteiger partial charge >= 0.3 is 6.09 Å². The molecule has 342 valence electrons. The highest BCUT2D eigenvalue weighted by atomic mass is 32.1. The number of nitrogens with one attached hydrogen (secondary N) is 3. The average molecular weight is 917 g/mol. The molecule has 3 fully saturated rings. The van der Waals surface area contributed by atoms with Gasteiger partial charge in [0.25, 0.3) is 0 Å². The van der Waals surface area contributed by atoms with E-state index < -0.39 is 61.3 Å². The summed E-state index contributed by atoms with van der Waals surface area (Å²) in [5.41, 5.74) is 2.50. The molecular weight excluding hydrogens is 859 g/mol. The van der Waals surface area contributed by atoms with Crippen molar-refractivity contribution in [3.63, 3.8) is 0 Å². The number of allylic oxidation sites excluding steroid dienone is 1. The molecule has 2 aromatic heterocycles. The molecule has 2 aliphatic carbocycles. The van der Waals surface area contributed by atoms with Gasteiger partial charge in [-0.05, 0) is 88.5 Å². The van der Waals surface area contributed by atoms with Gasteiger partial charge < -0.3 is 40.0 Å². The van der Waals surface area contributed by atoms with E-state index in [9.17, 15) is 28.2 Å². The number of amides is 3. The standard InChI is InChI=1S/C47H58FN6O8PS/c1-29(2)49-45-51-40(28-64-45)39-23-42(36-20-19-34(60-3)21-38(36)50-39)61-35-22-41-43(55)53-47(63(58,59)27-31-14-10-9-13-30(31)25-48)24-32(47)15-7-5-4-6-8-18-37(44(56)54(41)26-35)52-46(57)62-33-16-11-12-17-33/h7,9-10,13-15,19-21,23,28-29,32-33,35,37,41H,4-6,8,11-12,16-18,22,24-27H2,1-3H3,(H,49,51)(H,52,57)(H,53,55)(H,58,59)/b15-7-/t32-,35-,37+,41+,47+/m1/s1. The molecule has 0 spiro atoms. The quantitative estimate of drug-likeness (QED) is 0.0788. The Morgan fingerprint density at radius 1 is 1.03 bits per heavy atom. The predicted molar refractivity (Wildman–Crippen MR) is 244 cm³/mol. The van der Waals surface area contributed by atoms with Crippen LogP contribution in [0, 0.1) is 5.92 Å². The van der Waals surface area contributed by atoms with Crippen LogP contribution in [0.4, 0.5) is 14.3 Å². The number of hydrogen-bond donors (Lipinski definition) is 4. The Labute approximate surface area is 377 Å². The first-order valence-electron chi connectivity index (χ1n) is 22.4. The van der Waals surface area contributed by atoms with Gasteiger partial charge in [0.1, 0.15) is 53.4 Å². The van der Waals surface area contributed by atoms with Crippen molar-refractivity contribution in [3.05, 3.63) is 77.2 Å². The summed E-state index contributed by atoms with van der Waals surface area (Å²) in [5.74, 6) is -0.472. The summed E-state index contributed by atoms with van der Waals surface area (Å²) in [5, 5.41) is 11.0. The molecule has 1 unspecified atom stereocenters. The average Bonchev–Trinajstić information content (AvgIpc) is 3.69. The van der Waals surface area contributed by atoms with E-state index in [1.807, 2.05) is 37.4 Å². The Morgan fingerprint density at radius 3 is 2.58 bits per heavy atom. The summed E-state index contributed by atoms with van der Waals surface area (Å²) in [6.07, 6.45) is 8.87. The van der Waals surface area contributed by atoms with Gasteiger partial charge in [-0.1, -0.05) is 49.3 Å². The van der Waals surface area contributed by atoms with E-state index in [2.05, 4.69) is 16.0 Å². The van der Waals surface area contributed by atoms with Crippen molar-refractivity contribution in [1.29, 1.82) is 0 Å². The lowest BCUT2D eigenvalue weighted by Crippen LogP contribution is -2.55. The van der Waals surface area contributed by atoms with E-state index in [-0.39, 0.29) is 37.7 Å². The lowest BCUT2D eigenvalue weighted by atomic mass is 10.0. The molecule has 64 heavy (non-hydrogen) atoms. The molecule has 1 saturated heterocycles. The molecule has 17 heteroatoms. The summed E-state index contributed by atoms with van der Waals surface area (Å²) in [6, 6.07) is 11.9. The Hall–Kier alpha value is -5.05. The van der Waals surface area contributed by atoms with Gasteiger partial charge in [-0.3, -0.25) is 14.2 Å². The van der Waals surface area contributed by atoms with Gasteiger partial charge in [-0.2, -0.15) is 0 Å². The SMILES string of the molecule is COc1ccc2c(O[C@@H]3C[C@H]4C(=O)N[C@]5(P(=O)(O)Cc6ccccc6CF)C[C@H]5/C=C\CCCCC[C@H](NC(=O)OC5CCCC5)C(=O)N4C3)cc(-c3csc(NC(C)C)n3)nc2c1. The van der Waals surface area contributed by atoms with E-state index in [0.717, 1.165) is 43.7 Å². The Kier molecular flexibility index (Phi) is 13.9. The number of methoxy groups -OCH3 is 1. The Balaban J connectivity index is 1.13. The third-order valence-electron chi connectivity index (χ3n) is 12.8. The number of hydrogen-bond acceptors (Lipinski definition) is 11. The van der Waals surface area contributed by atoms with Gasteiger partial charge in [-0.15, -0.1) is 11.3 Å². The van der Waals surface area contributed by atoms with Crippen molar-refractivity contribution < 1.29 is 42.4 Å². The Bertz CT molecular complexity index is 2430. The molecule has 2 saturated carbocycles. The summed E-state index contributed by atoms with van der Waals surface area (Å²) in [6.45, 7) is 3.25. The minimum absolute atomic E-state index is 0.0156. The molecular formula is C47H58FN6O8PS. The zero-order valence-electron chi connectivity index (χ0n) is 36.6. The van der Waals surface area contributed by atoms with Crippen LogP contribution in [0.5, 0.6) is 11.5 Å². The number of carbonyl (C=O) groups is 3. The first-order chi connectivity index (χ1) is 30.9. The number of alkyl halides is 1. The first kappa shape index (κ1) is 45.5. The van der Waals surface area contributed by atoms with Crippen molar-refractivity contribution >= 4 is 52.6 Å². The molecule has 4 aliphatic rings. The van der Waals surface area contributed by atoms with Crippen molar-refractivity contribution in [2.75, 3.05) is 19.0 Å². The fourth-order valence-corrected chi connectivity index (χ4v) is 12.6. The molecule has 0 bridgehead atoms. The van der Waals surface area contributed by atoms with Crippen LogP contribution in [-0.4, -0.2) is 86.9 Å². The monoisotopic (exact) mass is 916 g/mol. The molecule has 2 aliphatic heterocycles. The van der Waals surface area contributed by atoms with Crippen LogP contribution in [0.1, 0.15) is 95.6 Å². The van der Waals surface area contributed by atoms with Crippen LogP contribution in [0.15, 0.2) is 66.1 Å². The molecule has 0 radical (unpaired) electrons. The van der Waals surface area contributed by atoms with Crippen LogP contribution >= 0.6 is 18.7 Å². The molecule has 4 N–H and O–H groups in total. The number of halogens is 1. The topological polar surface area (TPSA) is 181 Å². The van der Waals surface area contributed by atoms with Gasteiger partial charge in [0, 0.05) is 41.3 Å². The molecule has 3 amide bonds. The minimum Gasteiger partial charge on any atom is -0.497 e. The summed E-state index contributed by atoms with van der Waals surface area (Å²) in [7, 11) is -2.69. The second-order valence-electron chi connectivity index (χ2n) is 17.8. The fourth-order valence-electron chi connectivity index (χ4n) is 9.28. The van der Waals surface area contributed by atoms with E-state index >= 15 is 0 Å². The number of pyridine rings is 1. The minimum atomic E-state index is -4.27. The zero-order valence-corrected chi connectivity index (χ0v) is 38.3. The summed E-state index contributed by atoms with van der Waals surface area (Å²) < 4.78 is 46.8. The van der Waals surface area contributed by atoms with Crippen molar-refractivity contribution in [1.82, 2.24) is 25.5 Å². The summed E-state index contributed by atoms with van der Waals surface area (Å²) >= 11 is 1.46. The van der Waals surface area contributed by atoms with Gasteiger partial charge in [-0.25, -0.2) is 19.2 Å². The number of nitrogens with zero attached hydrogens (tertiary/aromatic N) is 3. The number of thiazole rings is 1. The van der Waals surface area contributed by atoms with E-state index in [0.29, 0.717) is 64.2 Å². The van der Waals surface area contributed by atoms with Crippen LogP contribution in [0.2, 0.25) is 0 Å². The van der Waals surface area contributed by atoms with Crippen molar-refractivity contribution in [2.24, 2.45) is 5.92 Å². The smallest absolute Gasteiger partial charge is 0.408 e. The van der Waals surface area contributed by atoms with Crippen LogP contribution in [-0.2, 0) is 31.7 Å². The predicted octanol–water partition coefficient (Wildman–Crippen LogP) is 8.87. The van der Waals surface area contributed by atoms with Crippen LogP contribution < -0.4 is 25.4 Å². The van der Waals surface area contributed by atoms with Crippen molar-refractivity contribution in [3.8, 4) is 22.9 Å². The molecule has 2 aromatic carbocycles. The van der Waals surface area contributed by atoms with E-state index in [4.69, 9.17) is 24.2 Å². The number of ether oxygens (including phenoxy) is 3. The number of anilines is 1. The zero-order chi connectivity index (χ0) is 45.0. The van der Waals surface area contributed by atoms with Gasteiger partial charge in [0.15, 0.2) is 5.13 Å². The van der Waals surface area contributed by atoms with E-state index in [1.165, 1.54) is 16.2 Å². The molecule has 4 heterocycles. The first-order valence-corrected chi connectivity index (χ1v) is 25.2. The van der Waals surface area contributed by atoms with Gasteiger partial charge in [0.2, 0.25) is 19.2 Å². The number of carbonyl (C=O) groups excluding carboxylic acids is 3. The normalized spacial score (nSPS) is 25.6. The maximum atomic E-state index is 14.9. The highest BCUT2D eigenvalue weighted by Gasteiger charge is 2.66. The molecule has 4 aromatic rings. The molecule has 8 rings (SSSR count). The molecule has 6 atom stereocenters. The summed E-state index contributed by atoms with van der Waals surface area (Å²) in [4.78, 5) is 66.2. The van der Waals surface area contributed by atoms with Crippen LogP contribution in [0.25, 0.3) is 22.3 Å². The molecule has 14 nitrogen and oxygen atoms in total. The lowest BCUT2D eigenvalue weighted by molar-refractivity contribution is -0.140. The van der Waals surface area contributed by atoms with Crippen molar-refractivity contribution in [2.45, 2.75) is 133 Å². The second-order valence-corrected chi connectivity index (χ2v) is 21.1. The van der Waals surface area contributed by atoms with Crippen LogP contribution in [0.3, 0.4) is 0 Å². The number of benzene rings is 2. The maximum absolute atomic E-state index is 14.9. The maximum Gasteiger partial charge on any atom is 0.408 e. The van der Waals surface area contributed by atoms with Gasteiger partial charge in [0.05, 0.1) is 31.0 Å². The second kappa shape index (κ2) is 19.6. The third-order valence-corrected chi connectivity index (χ3v) is 16.2. The Morgan fingerprint density at radius 2 is 1.81 bits per heavy atom. The fraction of sp³-hybridized carbons (Fsp3) is 0.511. The number of fused-ring (bicyclic) bond motifs is 3. The number of alkyl carbamates (subject to hydrolysis) is 1. The largest absolute Gasteiger partial charge is 0.497 e. The number of rotatable bonds is 12. The lowest BCUT2D eigenvalue weighted by Gasteiger charge is -2.31. The van der Waals surface area contributed by atoms with E-state index in [1.54, 1.807) is 49.6 Å². The highest BCUT2D eigenvalue weighted by Crippen LogP contribution is 2.71.